The van der Waals surface area contributed by atoms with E-state index in [0.29, 0.717) is 21.9 Å². The number of hydrogen-bond donors (Lipinski definition) is 1. The van der Waals surface area contributed by atoms with E-state index in [2.05, 4.69) is 25.5 Å². The molecular formula is C10H12ClN7S. The van der Waals surface area contributed by atoms with Gasteiger partial charge in [0.05, 0.1) is 17.9 Å². The lowest BCUT2D eigenvalue weighted by atomic mass is 10.3. The van der Waals surface area contributed by atoms with Crippen LogP contribution in [0.3, 0.4) is 0 Å². The highest BCUT2D eigenvalue weighted by molar-refractivity contribution is 7.99. The summed E-state index contributed by atoms with van der Waals surface area (Å²) in [4.78, 5) is 7.92. The lowest BCUT2D eigenvalue weighted by Gasteiger charge is -2.10. The molecule has 0 saturated heterocycles. The van der Waals surface area contributed by atoms with Crippen LogP contribution in [0.2, 0.25) is 5.28 Å². The van der Waals surface area contributed by atoms with E-state index in [1.54, 1.807) is 0 Å². The third-order valence-corrected chi connectivity index (χ3v) is 4.23. The Balaban J connectivity index is 1.87. The molecule has 0 aliphatic heterocycles. The predicted molar refractivity (Wildman–Crippen MR) is 70.9 cm³/mol. The molecule has 9 heteroatoms. The topological polar surface area (TPSA) is 95.4 Å². The van der Waals surface area contributed by atoms with Crippen molar-refractivity contribution in [2.45, 2.75) is 41.9 Å². The molecule has 7 nitrogen and oxygen atoms in total. The number of nitrogen functional groups attached to an aromatic ring is 1. The standard InChI is InChI=1S/C10H12ClN7S/c11-9-13-5-7(12)8(14-9)19-10-15-16-17-18(10)6-3-1-2-4-6/h5-6H,1-4,12H2. The maximum atomic E-state index is 5.83. The van der Waals surface area contributed by atoms with Gasteiger partial charge in [-0.3, -0.25) is 0 Å². The monoisotopic (exact) mass is 297 g/mol. The molecule has 0 unspecified atom stereocenters. The van der Waals surface area contributed by atoms with Crippen molar-refractivity contribution in [2.24, 2.45) is 0 Å². The van der Waals surface area contributed by atoms with Crippen LogP contribution in [-0.4, -0.2) is 30.2 Å². The first-order chi connectivity index (χ1) is 9.24. The van der Waals surface area contributed by atoms with Crippen LogP contribution in [0.1, 0.15) is 31.7 Å². The van der Waals surface area contributed by atoms with Gasteiger partial charge in [0.25, 0.3) is 0 Å². The molecular weight excluding hydrogens is 286 g/mol. The lowest BCUT2D eigenvalue weighted by molar-refractivity contribution is 0.423. The first-order valence-corrected chi connectivity index (χ1v) is 7.17. The van der Waals surface area contributed by atoms with Gasteiger partial charge in [-0.15, -0.1) is 5.10 Å². The number of tetrazole rings is 1. The molecule has 0 spiro atoms. The van der Waals surface area contributed by atoms with E-state index in [-0.39, 0.29) is 5.28 Å². The zero-order valence-corrected chi connectivity index (χ0v) is 11.6. The van der Waals surface area contributed by atoms with Crippen molar-refractivity contribution < 1.29 is 0 Å². The summed E-state index contributed by atoms with van der Waals surface area (Å²) in [5.41, 5.74) is 6.30. The van der Waals surface area contributed by atoms with Crippen LogP contribution >= 0.6 is 23.4 Å². The predicted octanol–water partition coefficient (Wildman–Crippen LogP) is 1.96. The number of anilines is 1. The van der Waals surface area contributed by atoms with E-state index >= 15 is 0 Å². The molecule has 1 fully saturated rings. The minimum absolute atomic E-state index is 0.164. The fraction of sp³-hybridized carbons (Fsp3) is 0.500. The van der Waals surface area contributed by atoms with Gasteiger partial charge in [-0.2, -0.15) is 0 Å². The van der Waals surface area contributed by atoms with E-state index in [1.165, 1.54) is 30.8 Å². The Bertz CT molecular complexity index is 581. The van der Waals surface area contributed by atoms with Crippen molar-refractivity contribution in [1.82, 2.24) is 30.2 Å². The Kier molecular flexibility index (Phi) is 3.52. The Hall–Kier alpha value is -1.41. The molecule has 2 aromatic heterocycles. The van der Waals surface area contributed by atoms with E-state index in [0.717, 1.165) is 12.8 Å². The molecule has 100 valence electrons. The van der Waals surface area contributed by atoms with Gasteiger partial charge in [0.2, 0.25) is 10.4 Å². The van der Waals surface area contributed by atoms with Crippen molar-refractivity contribution in [3.05, 3.63) is 11.5 Å². The second kappa shape index (κ2) is 5.30. The molecule has 0 atom stereocenters. The molecule has 2 heterocycles. The molecule has 1 saturated carbocycles. The first kappa shape index (κ1) is 12.6. The number of halogens is 1. The molecule has 0 amide bonds. The van der Waals surface area contributed by atoms with Crippen LogP contribution in [0.25, 0.3) is 0 Å². The molecule has 0 aromatic carbocycles. The Morgan fingerprint density at radius 2 is 2.16 bits per heavy atom. The minimum Gasteiger partial charge on any atom is -0.395 e. The smallest absolute Gasteiger partial charge is 0.223 e. The zero-order valence-electron chi connectivity index (χ0n) is 10.0. The van der Waals surface area contributed by atoms with Gasteiger partial charge >= 0.3 is 0 Å². The Morgan fingerprint density at radius 1 is 1.37 bits per heavy atom. The molecule has 2 N–H and O–H groups in total. The minimum atomic E-state index is 0.164. The highest BCUT2D eigenvalue weighted by atomic mass is 35.5. The van der Waals surface area contributed by atoms with E-state index < -0.39 is 0 Å². The third-order valence-electron chi connectivity index (χ3n) is 3.07. The van der Waals surface area contributed by atoms with Crippen molar-refractivity contribution >= 4 is 29.1 Å². The number of aromatic nitrogens is 6. The first-order valence-electron chi connectivity index (χ1n) is 5.98. The zero-order chi connectivity index (χ0) is 13.2. The van der Waals surface area contributed by atoms with Crippen LogP contribution in [-0.2, 0) is 0 Å². The SMILES string of the molecule is Nc1cnc(Cl)nc1Sc1nnnn1C1CCCC1. The third kappa shape index (κ3) is 2.64. The summed E-state index contributed by atoms with van der Waals surface area (Å²) in [6, 6.07) is 0.371. The second-order valence-electron chi connectivity index (χ2n) is 4.35. The van der Waals surface area contributed by atoms with E-state index in [9.17, 15) is 0 Å². The Morgan fingerprint density at radius 3 is 2.95 bits per heavy atom. The highest BCUT2D eigenvalue weighted by Crippen LogP contribution is 2.34. The lowest BCUT2D eigenvalue weighted by Crippen LogP contribution is -2.08. The van der Waals surface area contributed by atoms with Crippen LogP contribution in [0.4, 0.5) is 5.69 Å². The second-order valence-corrected chi connectivity index (χ2v) is 5.64. The normalized spacial score (nSPS) is 16.1. The van der Waals surface area contributed by atoms with Crippen molar-refractivity contribution in [2.75, 3.05) is 5.73 Å². The molecule has 1 aliphatic carbocycles. The fourth-order valence-corrected chi connectivity index (χ4v) is 3.17. The van der Waals surface area contributed by atoms with Crippen molar-refractivity contribution in [3.63, 3.8) is 0 Å². The number of nitrogens with zero attached hydrogens (tertiary/aromatic N) is 6. The summed E-state index contributed by atoms with van der Waals surface area (Å²) in [7, 11) is 0. The van der Waals surface area contributed by atoms with Crippen LogP contribution in [0.5, 0.6) is 0 Å². The number of rotatable bonds is 3. The summed E-state index contributed by atoms with van der Waals surface area (Å²) >= 11 is 7.09. The van der Waals surface area contributed by atoms with Crippen LogP contribution in [0.15, 0.2) is 16.4 Å². The van der Waals surface area contributed by atoms with E-state index in [4.69, 9.17) is 17.3 Å². The molecule has 1 aliphatic rings. The molecule has 0 bridgehead atoms. The maximum Gasteiger partial charge on any atom is 0.223 e. The summed E-state index contributed by atoms with van der Waals surface area (Å²) in [6.07, 6.45) is 6.14. The molecule has 3 rings (SSSR count). The molecule has 0 radical (unpaired) electrons. The Labute approximate surface area is 118 Å². The largest absolute Gasteiger partial charge is 0.395 e. The quantitative estimate of drug-likeness (QED) is 0.683. The summed E-state index contributed by atoms with van der Waals surface area (Å²) < 4.78 is 1.85. The average Bonchev–Trinajstić information content (AvgIpc) is 3.03. The molecule has 19 heavy (non-hydrogen) atoms. The van der Waals surface area contributed by atoms with Crippen molar-refractivity contribution in [1.29, 1.82) is 0 Å². The highest BCUT2D eigenvalue weighted by Gasteiger charge is 2.22. The van der Waals surface area contributed by atoms with Gasteiger partial charge in [-0.05, 0) is 46.6 Å². The van der Waals surface area contributed by atoms with Gasteiger partial charge in [-0.25, -0.2) is 14.6 Å². The maximum absolute atomic E-state index is 5.83. The number of hydrogen-bond acceptors (Lipinski definition) is 7. The average molecular weight is 298 g/mol. The van der Waals surface area contributed by atoms with Gasteiger partial charge in [-0.1, -0.05) is 12.8 Å². The summed E-state index contributed by atoms with van der Waals surface area (Å²) in [5, 5.41) is 13.3. The van der Waals surface area contributed by atoms with Crippen LogP contribution in [0, 0.1) is 0 Å². The molecule has 2 aromatic rings. The van der Waals surface area contributed by atoms with Gasteiger partial charge < -0.3 is 5.73 Å². The fourth-order valence-electron chi connectivity index (χ4n) is 2.15. The van der Waals surface area contributed by atoms with Gasteiger partial charge in [0.1, 0.15) is 5.03 Å². The van der Waals surface area contributed by atoms with E-state index in [1.807, 2.05) is 4.68 Å². The summed E-state index contributed by atoms with van der Waals surface area (Å²) in [6.45, 7) is 0. The van der Waals surface area contributed by atoms with Crippen molar-refractivity contribution in [3.8, 4) is 0 Å². The van der Waals surface area contributed by atoms with Gasteiger partial charge in [0, 0.05) is 0 Å². The van der Waals surface area contributed by atoms with Gasteiger partial charge in [0.15, 0.2) is 0 Å². The summed E-state index contributed by atoms with van der Waals surface area (Å²) in [5.74, 6) is 0. The van der Waals surface area contributed by atoms with Crippen LogP contribution < -0.4 is 5.73 Å². The number of nitrogens with two attached hydrogens (primary N) is 1.